The molecule has 0 spiro atoms. The van der Waals surface area contributed by atoms with Gasteiger partial charge < -0.3 is 10.1 Å². The number of rotatable bonds is 5. The van der Waals surface area contributed by atoms with Crippen LogP contribution in [0.4, 0.5) is 14.5 Å². The predicted octanol–water partition coefficient (Wildman–Crippen LogP) is 4.97. The molecule has 0 aliphatic carbocycles. The Morgan fingerprint density at radius 3 is 2.50 bits per heavy atom. The lowest BCUT2D eigenvalue weighted by atomic mass is 10.3. The summed E-state index contributed by atoms with van der Waals surface area (Å²) in [6, 6.07) is 2.95. The highest BCUT2D eigenvalue weighted by Crippen LogP contribution is 2.37. The van der Waals surface area contributed by atoms with E-state index in [0.29, 0.717) is 12.2 Å². The topological polar surface area (TPSA) is 34.2 Å². The number of benzene rings is 1. The lowest BCUT2D eigenvalue weighted by Gasteiger charge is -2.11. The Morgan fingerprint density at radius 2 is 2.00 bits per heavy atom. The molecule has 1 N–H and O–H groups in total. The molecule has 0 fully saturated rings. The summed E-state index contributed by atoms with van der Waals surface area (Å²) in [6.45, 7) is -0.563. The molecule has 2 rings (SSSR count). The van der Waals surface area contributed by atoms with Crippen molar-refractivity contribution in [2.75, 3.05) is 5.32 Å². The van der Waals surface area contributed by atoms with Gasteiger partial charge in [-0.1, -0.05) is 23.2 Å². The lowest BCUT2D eigenvalue weighted by Crippen LogP contribution is -2.04. The van der Waals surface area contributed by atoms with Crippen LogP contribution in [0.2, 0.25) is 10.0 Å². The van der Waals surface area contributed by atoms with Crippen molar-refractivity contribution in [1.29, 1.82) is 0 Å². The van der Waals surface area contributed by atoms with E-state index in [4.69, 9.17) is 23.2 Å². The fraction of sp³-hybridized carbons (Fsp3) is 0.250. The third-order valence-corrected chi connectivity index (χ3v) is 3.73. The van der Waals surface area contributed by atoms with Gasteiger partial charge in [0.15, 0.2) is 5.75 Å². The van der Waals surface area contributed by atoms with E-state index in [9.17, 15) is 8.78 Å². The Hall–Kier alpha value is -1.11. The van der Waals surface area contributed by atoms with Gasteiger partial charge >= 0.3 is 6.61 Å². The average molecular weight is 339 g/mol. The molecule has 1 heterocycles. The summed E-state index contributed by atoms with van der Waals surface area (Å²) < 4.78 is 28.6. The minimum Gasteiger partial charge on any atom is -0.432 e. The molecular formula is C12H10Cl2F2N2OS. The quantitative estimate of drug-likeness (QED) is 0.835. The Morgan fingerprint density at radius 1 is 1.35 bits per heavy atom. The molecule has 0 bridgehead atoms. The smallest absolute Gasteiger partial charge is 0.387 e. The summed E-state index contributed by atoms with van der Waals surface area (Å²) in [5.74, 6) is -0.224. The van der Waals surface area contributed by atoms with Gasteiger partial charge in [-0.3, -0.25) is 0 Å². The monoisotopic (exact) mass is 338 g/mol. The highest BCUT2D eigenvalue weighted by atomic mass is 35.5. The van der Waals surface area contributed by atoms with Crippen molar-refractivity contribution in [3.05, 3.63) is 38.3 Å². The summed E-state index contributed by atoms with van der Waals surface area (Å²) in [5, 5.41) is 6.02. The zero-order valence-corrected chi connectivity index (χ0v) is 12.6. The van der Waals surface area contributed by atoms with Gasteiger partial charge in [-0.15, -0.1) is 11.3 Å². The molecule has 0 amide bonds. The predicted molar refractivity (Wildman–Crippen MR) is 77.3 cm³/mol. The maximum absolute atomic E-state index is 12.2. The molecule has 0 aliphatic heterocycles. The van der Waals surface area contributed by atoms with Crippen LogP contribution >= 0.6 is 34.5 Å². The highest BCUT2D eigenvalue weighted by Gasteiger charge is 2.14. The number of anilines is 1. The van der Waals surface area contributed by atoms with Crippen LogP contribution in [0, 0.1) is 6.92 Å². The number of hydrogen-bond acceptors (Lipinski definition) is 4. The first-order chi connectivity index (χ1) is 9.45. The van der Waals surface area contributed by atoms with Crippen molar-refractivity contribution in [3.63, 3.8) is 0 Å². The van der Waals surface area contributed by atoms with E-state index in [1.54, 1.807) is 11.3 Å². The van der Waals surface area contributed by atoms with Gasteiger partial charge in [-0.2, -0.15) is 8.78 Å². The maximum Gasteiger partial charge on any atom is 0.387 e. The van der Waals surface area contributed by atoms with E-state index in [0.717, 1.165) is 10.7 Å². The third kappa shape index (κ3) is 3.94. The summed E-state index contributed by atoms with van der Waals surface area (Å²) in [6.07, 6.45) is 0. The second-order valence-corrected chi connectivity index (χ2v) is 5.74. The number of halogens is 4. The van der Waals surface area contributed by atoms with E-state index >= 15 is 0 Å². The van der Waals surface area contributed by atoms with Crippen molar-refractivity contribution in [2.24, 2.45) is 0 Å². The van der Waals surface area contributed by atoms with Gasteiger partial charge in [0, 0.05) is 11.1 Å². The molecule has 108 valence electrons. The molecule has 0 unspecified atom stereocenters. The van der Waals surface area contributed by atoms with Crippen molar-refractivity contribution in [3.8, 4) is 5.75 Å². The van der Waals surface area contributed by atoms with E-state index < -0.39 is 6.61 Å². The van der Waals surface area contributed by atoms with Gasteiger partial charge in [0.05, 0.1) is 27.3 Å². The van der Waals surface area contributed by atoms with Crippen LogP contribution in [0.5, 0.6) is 5.75 Å². The standard InChI is InChI=1S/C12H10Cl2F2N2OS/c1-6-18-8(5-20-6)4-17-7-2-9(13)11(10(14)3-7)19-12(15)16/h2-3,5,12,17H,4H2,1H3. The Kier molecular flexibility index (Phi) is 5.01. The maximum atomic E-state index is 12.2. The largest absolute Gasteiger partial charge is 0.432 e. The molecule has 3 nitrogen and oxygen atoms in total. The number of hydrogen-bond donors (Lipinski definition) is 1. The van der Waals surface area contributed by atoms with Gasteiger partial charge in [0.25, 0.3) is 0 Å². The van der Waals surface area contributed by atoms with Crippen LogP contribution in [0.3, 0.4) is 0 Å². The SMILES string of the molecule is Cc1nc(CNc2cc(Cl)c(OC(F)F)c(Cl)c2)cs1. The van der Waals surface area contributed by atoms with E-state index in [-0.39, 0.29) is 15.8 Å². The first-order valence-corrected chi connectivity index (χ1v) is 7.18. The molecule has 2 aromatic rings. The van der Waals surface area contributed by atoms with E-state index in [1.165, 1.54) is 12.1 Å². The highest BCUT2D eigenvalue weighted by molar-refractivity contribution is 7.09. The lowest BCUT2D eigenvalue weighted by molar-refractivity contribution is -0.0497. The second kappa shape index (κ2) is 6.56. The van der Waals surface area contributed by atoms with E-state index in [2.05, 4.69) is 15.0 Å². The van der Waals surface area contributed by atoms with Crippen LogP contribution in [0.1, 0.15) is 10.7 Å². The first kappa shape index (κ1) is 15.3. The molecule has 1 aromatic carbocycles. The first-order valence-electron chi connectivity index (χ1n) is 5.54. The van der Waals surface area contributed by atoms with Crippen molar-refractivity contribution in [1.82, 2.24) is 4.98 Å². The van der Waals surface area contributed by atoms with Gasteiger partial charge in [-0.25, -0.2) is 4.98 Å². The number of ether oxygens (including phenoxy) is 1. The molecular weight excluding hydrogens is 329 g/mol. The fourth-order valence-electron chi connectivity index (χ4n) is 1.55. The van der Waals surface area contributed by atoms with E-state index in [1.807, 2.05) is 12.3 Å². The number of aryl methyl sites for hydroxylation is 1. The number of aromatic nitrogens is 1. The van der Waals surface area contributed by atoms with Gasteiger partial charge in [-0.05, 0) is 19.1 Å². The van der Waals surface area contributed by atoms with Crippen molar-refractivity contribution < 1.29 is 13.5 Å². The Balaban J connectivity index is 2.09. The number of nitrogens with one attached hydrogen (secondary N) is 1. The number of alkyl halides is 2. The summed E-state index contributed by atoms with van der Waals surface area (Å²) in [7, 11) is 0. The van der Waals surface area contributed by atoms with Crippen LogP contribution in [0.25, 0.3) is 0 Å². The Labute approximate surface area is 128 Å². The van der Waals surface area contributed by atoms with Gasteiger partial charge in [0.2, 0.25) is 0 Å². The number of nitrogens with zero attached hydrogens (tertiary/aromatic N) is 1. The molecule has 0 aliphatic rings. The van der Waals surface area contributed by atoms with Crippen LogP contribution in [-0.4, -0.2) is 11.6 Å². The summed E-state index contributed by atoms with van der Waals surface area (Å²) in [5.41, 5.74) is 1.49. The molecule has 8 heteroatoms. The normalized spacial score (nSPS) is 10.9. The molecule has 20 heavy (non-hydrogen) atoms. The minimum absolute atomic E-state index is 0.0229. The Bertz CT molecular complexity index is 584. The number of thiazole rings is 1. The molecule has 0 atom stereocenters. The van der Waals surface area contributed by atoms with Crippen LogP contribution in [-0.2, 0) is 6.54 Å². The second-order valence-electron chi connectivity index (χ2n) is 3.86. The molecule has 0 radical (unpaired) electrons. The molecule has 0 saturated carbocycles. The average Bonchev–Trinajstić information content (AvgIpc) is 2.77. The molecule has 0 saturated heterocycles. The zero-order chi connectivity index (χ0) is 14.7. The zero-order valence-electron chi connectivity index (χ0n) is 10.3. The van der Waals surface area contributed by atoms with Crippen LogP contribution < -0.4 is 10.1 Å². The van der Waals surface area contributed by atoms with Crippen molar-refractivity contribution >= 4 is 40.2 Å². The fourth-order valence-corrected chi connectivity index (χ4v) is 2.73. The summed E-state index contributed by atoms with van der Waals surface area (Å²) in [4.78, 5) is 4.29. The molecule has 1 aromatic heterocycles. The summed E-state index contributed by atoms with van der Waals surface area (Å²) >= 11 is 13.3. The third-order valence-electron chi connectivity index (χ3n) is 2.35. The van der Waals surface area contributed by atoms with Crippen molar-refractivity contribution in [2.45, 2.75) is 20.1 Å². The minimum atomic E-state index is -2.97. The van der Waals surface area contributed by atoms with Crippen LogP contribution in [0.15, 0.2) is 17.5 Å². The van der Waals surface area contributed by atoms with Gasteiger partial charge in [0.1, 0.15) is 0 Å².